The van der Waals surface area contributed by atoms with Gasteiger partial charge >= 0.3 is 0 Å². The molecular formula is C14H24N2O2. The van der Waals surface area contributed by atoms with Gasteiger partial charge in [-0.05, 0) is 40.7 Å². The van der Waals surface area contributed by atoms with Gasteiger partial charge < -0.3 is 15.1 Å². The molecular weight excluding hydrogens is 228 g/mol. The summed E-state index contributed by atoms with van der Waals surface area (Å²) in [7, 11) is 1.66. The van der Waals surface area contributed by atoms with Gasteiger partial charge in [-0.25, -0.2) is 0 Å². The second-order valence-electron chi connectivity index (χ2n) is 5.43. The SMILES string of the molecule is CNC(=O)C(C)(C)CNC(C)c1cc(C)oc1C. The minimum atomic E-state index is -0.421. The molecule has 1 aromatic rings. The number of furan rings is 1. The van der Waals surface area contributed by atoms with Gasteiger partial charge in [0.2, 0.25) is 5.91 Å². The zero-order chi connectivity index (χ0) is 13.9. The van der Waals surface area contributed by atoms with Gasteiger partial charge in [0.05, 0.1) is 5.41 Å². The summed E-state index contributed by atoms with van der Waals surface area (Å²) in [6, 6.07) is 2.21. The van der Waals surface area contributed by atoms with Gasteiger partial charge in [-0.1, -0.05) is 0 Å². The Morgan fingerprint density at radius 3 is 2.50 bits per heavy atom. The first-order valence-electron chi connectivity index (χ1n) is 6.30. The lowest BCUT2D eigenvalue weighted by molar-refractivity contribution is -0.128. The van der Waals surface area contributed by atoms with Crippen LogP contribution in [0.1, 0.15) is 43.9 Å². The Kier molecular flexibility index (Phi) is 4.57. The predicted molar refractivity (Wildman–Crippen MR) is 72.4 cm³/mol. The van der Waals surface area contributed by atoms with Crippen LogP contribution in [0, 0.1) is 19.3 Å². The van der Waals surface area contributed by atoms with Crippen LogP contribution in [0.4, 0.5) is 0 Å². The minimum Gasteiger partial charge on any atom is -0.466 e. The van der Waals surface area contributed by atoms with Gasteiger partial charge in [0.25, 0.3) is 0 Å². The van der Waals surface area contributed by atoms with E-state index in [1.165, 1.54) is 0 Å². The third-order valence-corrected chi connectivity index (χ3v) is 3.24. The molecule has 1 atom stereocenters. The molecule has 1 aromatic heterocycles. The lowest BCUT2D eigenvalue weighted by atomic mass is 9.91. The number of nitrogens with one attached hydrogen (secondary N) is 2. The van der Waals surface area contributed by atoms with E-state index in [4.69, 9.17) is 4.42 Å². The second kappa shape index (κ2) is 5.57. The molecule has 1 amide bonds. The lowest BCUT2D eigenvalue weighted by Gasteiger charge is -2.25. The standard InChI is InChI=1S/C14H24N2O2/c1-9-7-12(11(3)18-9)10(2)16-8-14(4,5)13(17)15-6/h7,10,16H,8H2,1-6H3,(H,15,17). The highest BCUT2D eigenvalue weighted by atomic mass is 16.3. The predicted octanol–water partition coefficient (Wildman–Crippen LogP) is 2.32. The van der Waals surface area contributed by atoms with Crippen molar-refractivity contribution in [2.45, 2.75) is 40.7 Å². The van der Waals surface area contributed by atoms with Gasteiger partial charge in [0.15, 0.2) is 0 Å². The van der Waals surface area contributed by atoms with Crippen LogP contribution in [0.15, 0.2) is 10.5 Å². The van der Waals surface area contributed by atoms with Crippen molar-refractivity contribution in [3.63, 3.8) is 0 Å². The molecule has 1 rings (SSSR count). The highest BCUT2D eigenvalue weighted by Gasteiger charge is 2.27. The molecule has 0 radical (unpaired) electrons. The van der Waals surface area contributed by atoms with Crippen LogP contribution in [0.3, 0.4) is 0 Å². The summed E-state index contributed by atoms with van der Waals surface area (Å²) in [5.74, 6) is 1.90. The first-order chi connectivity index (χ1) is 8.27. The van der Waals surface area contributed by atoms with Crippen LogP contribution in [-0.4, -0.2) is 19.5 Å². The molecule has 0 aliphatic rings. The molecule has 0 spiro atoms. The Labute approximate surface area is 109 Å². The number of hydrogen-bond donors (Lipinski definition) is 2. The number of carbonyl (C=O) groups excluding carboxylic acids is 1. The monoisotopic (exact) mass is 252 g/mol. The molecule has 0 saturated carbocycles. The highest BCUT2D eigenvalue weighted by molar-refractivity contribution is 5.81. The van der Waals surface area contributed by atoms with Crippen molar-refractivity contribution in [3.05, 3.63) is 23.2 Å². The van der Waals surface area contributed by atoms with Crippen LogP contribution in [0.25, 0.3) is 0 Å². The summed E-state index contributed by atoms with van der Waals surface area (Å²) >= 11 is 0. The fraction of sp³-hybridized carbons (Fsp3) is 0.643. The molecule has 0 bridgehead atoms. The normalized spacial score (nSPS) is 13.4. The van der Waals surface area contributed by atoms with Gasteiger partial charge in [-0.15, -0.1) is 0 Å². The summed E-state index contributed by atoms with van der Waals surface area (Å²) in [4.78, 5) is 11.7. The maximum Gasteiger partial charge on any atom is 0.226 e. The third kappa shape index (κ3) is 3.35. The van der Waals surface area contributed by atoms with Crippen LogP contribution >= 0.6 is 0 Å². The van der Waals surface area contributed by atoms with Crippen molar-refractivity contribution < 1.29 is 9.21 Å². The molecule has 4 nitrogen and oxygen atoms in total. The first kappa shape index (κ1) is 14.8. The van der Waals surface area contributed by atoms with Crippen LogP contribution in [0.2, 0.25) is 0 Å². The fourth-order valence-electron chi connectivity index (χ4n) is 2.02. The summed E-state index contributed by atoms with van der Waals surface area (Å²) in [5, 5.41) is 6.07. The van der Waals surface area contributed by atoms with E-state index >= 15 is 0 Å². The summed E-state index contributed by atoms with van der Waals surface area (Å²) in [6.45, 7) is 10.5. The molecule has 2 N–H and O–H groups in total. The molecule has 102 valence electrons. The first-order valence-corrected chi connectivity index (χ1v) is 6.30. The maximum absolute atomic E-state index is 11.7. The number of rotatable bonds is 5. The fourth-order valence-corrected chi connectivity index (χ4v) is 2.02. The van der Waals surface area contributed by atoms with Crippen LogP contribution in [-0.2, 0) is 4.79 Å². The average Bonchev–Trinajstić information content (AvgIpc) is 2.64. The average molecular weight is 252 g/mol. The molecule has 0 aliphatic heterocycles. The van der Waals surface area contributed by atoms with Crippen molar-refractivity contribution in [2.75, 3.05) is 13.6 Å². The lowest BCUT2D eigenvalue weighted by Crippen LogP contribution is -2.42. The summed E-state index contributed by atoms with van der Waals surface area (Å²) in [6.07, 6.45) is 0. The van der Waals surface area contributed by atoms with Crippen molar-refractivity contribution in [3.8, 4) is 0 Å². The van der Waals surface area contributed by atoms with E-state index in [1.807, 2.05) is 33.8 Å². The summed E-state index contributed by atoms with van der Waals surface area (Å²) in [5.41, 5.74) is 0.732. The highest BCUT2D eigenvalue weighted by Crippen LogP contribution is 2.22. The van der Waals surface area contributed by atoms with Crippen LogP contribution in [0.5, 0.6) is 0 Å². The van der Waals surface area contributed by atoms with Crippen molar-refractivity contribution in [2.24, 2.45) is 5.41 Å². The van der Waals surface area contributed by atoms with Gasteiger partial charge in [0.1, 0.15) is 11.5 Å². The number of aryl methyl sites for hydroxylation is 2. The third-order valence-electron chi connectivity index (χ3n) is 3.24. The summed E-state index contributed by atoms with van der Waals surface area (Å²) < 4.78 is 5.52. The molecule has 0 aromatic carbocycles. The van der Waals surface area contributed by atoms with E-state index in [-0.39, 0.29) is 11.9 Å². The molecule has 18 heavy (non-hydrogen) atoms. The Balaban J connectivity index is 2.64. The molecule has 1 unspecified atom stereocenters. The Morgan fingerprint density at radius 1 is 1.44 bits per heavy atom. The second-order valence-corrected chi connectivity index (χ2v) is 5.43. The Hall–Kier alpha value is -1.29. The van der Waals surface area contributed by atoms with E-state index in [1.54, 1.807) is 7.05 Å². The van der Waals surface area contributed by atoms with Crippen molar-refractivity contribution in [1.82, 2.24) is 10.6 Å². The van der Waals surface area contributed by atoms with Crippen molar-refractivity contribution >= 4 is 5.91 Å². The molecule has 0 saturated heterocycles. The van der Waals surface area contributed by atoms with Gasteiger partial charge in [-0.3, -0.25) is 4.79 Å². The van der Waals surface area contributed by atoms with E-state index < -0.39 is 5.41 Å². The maximum atomic E-state index is 11.7. The van der Waals surface area contributed by atoms with Gasteiger partial charge in [-0.2, -0.15) is 0 Å². The molecule has 0 fully saturated rings. The molecule has 1 heterocycles. The molecule has 0 aliphatic carbocycles. The van der Waals surface area contributed by atoms with Crippen LogP contribution < -0.4 is 10.6 Å². The van der Waals surface area contributed by atoms with E-state index in [0.29, 0.717) is 6.54 Å². The number of carbonyl (C=O) groups is 1. The van der Waals surface area contributed by atoms with Gasteiger partial charge in [0, 0.05) is 25.2 Å². The van der Waals surface area contributed by atoms with E-state index in [0.717, 1.165) is 17.1 Å². The minimum absolute atomic E-state index is 0.0438. The number of hydrogen-bond acceptors (Lipinski definition) is 3. The smallest absolute Gasteiger partial charge is 0.226 e. The zero-order valence-electron chi connectivity index (χ0n) is 12.2. The zero-order valence-corrected chi connectivity index (χ0v) is 12.2. The van der Waals surface area contributed by atoms with Crippen molar-refractivity contribution in [1.29, 1.82) is 0 Å². The topological polar surface area (TPSA) is 54.3 Å². The quantitative estimate of drug-likeness (QED) is 0.845. The molecule has 4 heteroatoms. The van der Waals surface area contributed by atoms with E-state index in [2.05, 4.69) is 17.6 Å². The Bertz CT molecular complexity index is 421. The Morgan fingerprint density at radius 2 is 2.06 bits per heavy atom. The van der Waals surface area contributed by atoms with E-state index in [9.17, 15) is 4.79 Å². The number of amides is 1. The largest absolute Gasteiger partial charge is 0.466 e.